The normalized spacial score (nSPS) is 11.2. The summed E-state index contributed by atoms with van der Waals surface area (Å²) in [6.45, 7) is 0. The molecule has 2 aromatic carbocycles. The number of ketones is 1. The van der Waals surface area contributed by atoms with Gasteiger partial charge in [0.1, 0.15) is 17.2 Å². The van der Waals surface area contributed by atoms with Crippen molar-refractivity contribution in [2.75, 3.05) is 5.09 Å². The van der Waals surface area contributed by atoms with Gasteiger partial charge in [-0.05, 0) is 17.7 Å². The summed E-state index contributed by atoms with van der Waals surface area (Å²) in [6.07, 6.45) is -0.220. The first kappa shape index (κ1) is 16.8. The second kappa shape index (κ2) is 6.29. The standard InChI is InChI=1S/C14H14NO7P/c16-9-3-1-2-8(4-9)5-12(18)14-11(15-23(20,21)22)6-10(17)7-13(14)19/h1-4,6-7,16-17,19H,5H2,(H3,15,20,21,22). The number of anilines is 1. The summed E-state index contributed by atoms with van der Waals surface area (Å²) in [4.78, 5) is 30.3. The minimum Gasteiger partial charge on any atom is -0.508 e. The molecule has 0 fully saturated rings. The molecule has 0 atom stereocenters. The second-order valence-electron chi connectivity index (χ2n) is 4.81. The van der Waals surface area contributed by atoms with E-state index in [1.54, 1.807) is 11.2 Å². The number of Topliss-reactive ketones (excluding diaryl/α,β-unsaturated/α-hetero) is 1. The number of phenols is 3. The van der Waals surface area contributed by atoms with Crippen molar-refractivity contribution < 1.29 is 34.5 Å². The molecule has 2 rings (SSSR count). The zero-order valence-electron chi connectivity index (χ0n) is 11.7. The Morgan fingerprint density at radius 1 is 1.04 bits per heavy atom. The second-order valence-corrected chi connectivity index (χ2v) is 6.12. The molecule has 0 aliphatic carbocycles. The van der Waals surface area contributed by atoms with Crippen LogP contribution in [0.3, 0.4) is 0 Å². The number of benzene rings is 2. The van der Waals surface area contributed by atoms with Gasteiger partial charge in [0.25, 0.3) is 0 Å². The lowest BCUT2D eigenvalue weighted by Gasteiger charge is -2.14. The number of carbonyl (C=O) groups excluding carboxylic acids is 1. The van der Waals surface area contributed by atoms with Gasteiger partial charge in [-0.25, -0.2) is 4.57 Å². The van der Waals surface area contributed by atoms with Gasteiger partial charge in [0.15, 0.2) is 5.78 Å². The SMILES string of the molecule is O=C(Cc1cccc(O)c1)c1c(O)cc(O)cc1NP(=O)(O)O. The Hall–Kier alpha value is -2.54. The van der Waals surface area contributed by atoms with Gasteiger partial charge in [-0.15, -0.1) is 0 Å². The monoisotopic (exact) mass is 339 g/mol. The molecule has 8 nitrogen and oxygen atoms in total. The summed E-state index contributed by atoms with van der Waals surface area (Å²) in [6, 6.07) is 7.70. The van der Waals surface area contributed by atoms with Gasteiger partial charge in [0, 0.05) is 18.6 Å². The van der Waals surface area contributed by atoms with Gasteiger partial charge in [0.2, 0.25) is 0 Å². The van der Waals surface area contributed by atoms with Crippen LogP contribution in [0.2, 0.25) is 0 Å². The zero-order chi connectivity index (χ0) is 17.2. The molecule has 0 spiro atoms. The lowest BCUT2D eigenvalue weighted by Crippen LogP contribution is -2.08. The van der Waals surface area contributed by atoms with Crippen molar-refractivity contribution in [1.82, 2.24) is 0 Å². The van der Waals surface area contributed by atoms with E-state index in [0.717, 1.165) is 12.1 Å². The average molecular weight is 339 g/mol. The van der Waals surface area contributed by atoms with Crippen LogP contribution in [0.15, 0.2) is 36.4 Å². The summed E-state index contributed by atoms with van der Waals surface area (Å²) in [5.41, 5.74) is -0.306. The largest absolute Gasteiger partial charge is 0.508 e. The number of phenolic OH excluding ortho intramolecular Hbond substituents is 3. The number of aromatic hydroxyl groups is 3. The number of hydrogen-bond donors (Lipinski definition) is 6. The Bertz CT molecular complexity index is 800. The fraction of sp³-hybridized carbons (Fsp3) is 0.0714. The molecule has 6 N–H and O–H groups in total. The number of hydrogen-bond acceptors (Lipinski definition) is 5. The van der Waals surface area contributed by atoms with Crippen LogP contribution in [0.5, 0.6) is 17.2 Å². The number of nitrogens with one attached hydrogen (secondary N) is 1. The van der Waals surface area contributed by atoms with E-state index >= 15 is 0 Å². The van der Waals surface area contributed by atoms with Crippen molar-refractivity contribution in [3.8, 4) is 17.2 Å². The first-order chi connectivity index (χ1) is 10.7. The van der Waals surface area contributed by atoms with Crippen molar-refractivity contribution in [2.45, 2.75) is 6.42 Å². The van der Waals surface area contributed by atoms with E-state index in [0.29, 0.717) is 5.56 Å². The van der Waals surface area contributed by atoms with Crippen molar-refractivity contribution in [3.05, 3.63) is 47.5 Å². The van der Waals surface area contributed by atoms with Gasteiger partial charge in [-0.1, -0.05) is 12.1 Å². The molecule has 9 heteroatoms. The molecule has 0 saturated heterocycles. The minimum atomic E-state index is -4.75. The summed E-state index contributed by atoms with van der Waals surface area (Å²) >= 11 is 0. The first-order valence-corrected chi connectivity index (χ1v) is 7.98. The lowest BCUT2D eigenvalue weighted by molar-refractivity contribution is 0.0991. The fourth-order valence-corrected chi connectivity index (χ4v) is 2.58. The highest BCUT2D eigenvalue weighted by Gasteiger charge is 2.23. The molecule has 0 aromatic heterocycles. The van der Waals surface area contributed by atoms with Crippen LogP contribution in [-0.4, -0.2) is 30.9 Å². The van der Waals surface area contributed by atoms with Crippen LogP contribution in [0.4, 0.5) is 5.69 Å². The van der Waals surface area contributed by atoms with E-state index in [2.05, 4.69) is 0 Å². The van der Waals surface area contributed by atoms with Gasteiger partial charge in [0.05, 0.1) is 11.3 Å². The molecule has 2 aromatic rings. The average Bonchev–Trinajstić information content (AvgIpc) is 2.35. The van der Waals surface area contributed by atoms with Gasteiger partial charge >= 0.3 is 7.75 Å². The Morgan fingerprint density at radius 2 is 1.74 bits per heavy atom. The van der Waals surface area contributed by atoms with Crippen LogP contribution < -0.4 is 5.09 Å². The van der Waals surface area contributed by atoms with E-state index in [1.165, 1.54) is 18.2 Å². The first-order valence-electron chi connectivity index (χ1n) is 6.36. The molecular weight excluding hydrogens is 325 g/mol. The lowest BCUT2D eigenvalue weighted by atomic mass is 10.0. The molecule has 0 radical (unpaired) electrons. The summed E-state index contributed by atoms with van der Waals surface area (Å²) < 4.78 is 11.1. The third-order valence-electron chi connectivity index (χ3n) is 2.92. The molecule has 0 aliphatic heterocycles. The van der Waals surface area contributed by atoms with Crippen LogP contribution in [0, 0.1) is 0 Å². The third kappa shape index (κ3) is 4.46. The van der Waals surface area contributed by atoms with Gasteiger partial charge in [-0.2, -0.15) is 0 Å². The molecule has 122 valence electrons. The van der Waals surface area contributed by atoms with Crippen molar-refractivity contribution in [2.24, 2.45) is 0 Å². The molecule has 23 heavy (non-hydrogen) atoms. The maximum Gasteiger partial charge on any atom is 0.427 e. The van der Waals surface area contributed by atoms with Crippen molar-refractivity contribution >= 4 is 19.2 Å². The van der Waals surface area contributed by atoms with Crippen LogP contribution >= 0.6 is 7.75 Å². The van der Waals surface area contributed by atoms with E-state index in [9.17, 15) is 24.7 Å². The summed E-state index contributed by atoms with van der Waals surface area (Å²) in [5.74, 6) is -1.78. The molecular formula is C14H14NO7P. The molecule has 0 saturated carbocycles. The highest BCUT2D eigenvalue weighted by atomic mass is 31.2. The quantitative estimate of drug-likeness (QED) is 0.356. The maximum absolute atomic E-state index is 12.3. The van der Waals surface area contributed by atoms with E-state index in [-0.39, 0.29) is 23.4 Å². The third-order valence-corrected chi connectivity index (χ3v) is 3.45. The van der Waals surface area contributed by atoms with Gasteiger partial charge < -0.3 is 25.1 Å². The van der Waals surface area contributed by atoms with Gasteiger partial charge in [-0.3, -0.25) is 9.88 Å². The molecule has 0 heterocycles. The highest BCUT2D eigenvalue weighted by molar-refractivity contribution is 7.53. The predicted molar refractivity (Wildman–Crippen MR) is 81.6 cm³/mol. The Balaban J connectivity index is 2.41. The van der Waals surface area contributed by atoms with Crippen LogP contribution in [0.25, 0.3) is 0 Å². The maximum atomic E-state index is 12.3. The van der Waals surface area contributed by atoms with E-state index in [1.807, 2.05) is 0 Å². The molecule has 0 bridgehead atoms. The van der Waals surface area contributed by atoms with Crippen molar-refractivity contribution in [1.29, 1.82) is 0 Å². The molecule has 0 aliphatic rings. The number of rotatable bonds is 5. The minimum absolute atomic E-state index is 0.0428. The molecule has 0 unspecified atom stereocenters. The van der Waals surface area contributed by atoms with Crippen molar-refractivity contribution in [3.63, 3.8) is 0 Å². The summed E-state index contributed by atoms with van der Waals surface area (Å²) in [5, 5.41) is 30.4. The Morgan fingerprint density at radius 3 is 2.35 bits per heavy atom. The number of carbonyl (C=O) groups is 1. The summed E-state index contributed by atoms with van der Waals surface area (Å²) in [7, 11) is -4.75. The zero-order valence-corrected chi connectivity index (χ0v) is 12.6. The highest BCUT2D eigenvalue weighted by Crippen LogP contribution is 2.41. The molecule has 0 amide bonds. The van der Waals surface area contributed by atoms with Crippen LogP contribution in [-0.2, 0) is 11.0 Å². The predicted octanol–water partition coefficient (Wildman–Crippen LogP) is 1.73. The fourth-order valence-electron chi connectivity index (χ4n) is 2.09. The Kier molecular flexibility index (Phi) is 4.60. The van der Waals surface area contributed by atoms with Crippen LogP contribution in [0.1, 0.15) is 15.9 Å². The van der Waals surface area contributed by atoms with E-state index < -0.39 is 25.0 Å². The smallest absolute Gasteiger partial charge is 0.427 e. The topological polar surface area (TPSA) is 147 Å². The Labute approximate surface area is 130 Å². The van der Waals surface area contributed by atoms with E-state index in [4.69, 9.17) is 9.79 Å².